The minimum absolute atomic E-state index is 0.0923. The Morgan fingerprint density at radius 3 is 2.89 bits per heavy atom. The van der Waals surface area contributed by atoms with Gasteiger partial charge in [-0.2, -0.15) is 0 Å². The minimum Gasteiger partial charge on any atom is -0.388 e. The average molecular weight is 244 g/mol. The van der Waals surface area contributed by atoms with E-state index in [4.69, 9.17) is 0 Å². The van der Waals surface area contributed by atoms with E-state index in [0.29, 0.717) is 0 Å². The van der Waals surface area contributed by atoms with Gasteiger partial charge in [0.05, 0.1) is 5.69 Å². The molecule has 0 aliphatic rings. The van der Waals surface area contributed by atoms with Crippen molar-refractivity contribution in [1.29, 1.82) is 0 Å². The van der Waals surface area contributed by atoms with E-state index in [-0.39, 0.29) is 5.41 Å². The van der Waals surface area contributed by atoms with Crippen molar-refractivity contribution in [3.63, 3.8) is 0 Å². The molecule has 0 fully saturated rings. The summed E-state index contributed by atoms with van der Waals surface area (Å²) in [5, 5.41) is 4.46. The van der Waals surface area contributed by atoms with Crippen LogP contribution in [0.1, 0.15) is 26.5 Å². The second kappa shape index (κ2) is 4.80. The van der Waals surface area contributed by atoms with E-state index in [1.54, 1.807) is 6.33 Å². The molecular weight excluding hydrogens is 224 g/mol. The second-order valence-corrected chi connectivity index (χ2v) is 5.47. The lowest BCUT2D eigenvalue weighted by molar-refractivity contribution is 0.462. The first-order valence-corrected chi connectivity index (χ1v) is 6.18. The molecule has 4 nitrogen and oxygen atoms in total. The summed E-state index contributed by atoms with van der Waals surface area (Å²) in [6.45, 7) is 11.4. The molecule has 2 aromatic heterocycles. The summed E-state index contributed by atoms with van der Waals surface area (Å²) >= 11 is 0. The third-order valence-corrected chi connectivity index (χ3v) is 3.04. The molecule has 2 heterocycles. The van der Waals surface area contributed by atoms with E-state index in [9.17, 15) is 0 Å². The van der Waals surface area contributed by atoms with Crippen molar-refractivity contribution in [3.8, 4) is 0 Å². The predicted molar refractivity (Wildman–Crippen MR) is 74.2 cm³/mol. The lowest BCUT2D eigenvalue weighted by Crippen LogP contribution is -2.25. The van der Waals surface area contributed by atoms with Crippen LogP contribution in [-0.2, 0) is 6.42 Å². The number of fused-ring (bicyclic) bond motifs is 1. The van der Waals surface area contributed by atoms with Gasteiger partial charge < -0.3 is 10.3 Å². The van der Waals surface area contributed by atoms with E-state index in [0.717, 1.165) is 35.4 Å². The Bertz CT molecular complexity index is 548. The van der Waals surface area contributed by atoms with Crippen LogP contribution in [0.3, 0.4) is 0 Å². The summed E-state index contributed by atoms with van der Waals surface area (Å²) in [6.07, 6.45) is 4.36. The first kappa shape index (κ1) is 12.6. The summed E-state index contributed by atoms with van der Waals surface area (Å²) in [5.41, 5.74) is 3.11. The van der Waals surface area contributed by atoms with Crippen LogP contribution >= 0.6 is 0 Å². The van der Waals surface area contributed by atoms with Gasteiger partial charge in [0, 0.05) is 35.7 Å². The maximum Gasteiger partial charge on any atom is 0.140 e. The number of allylic oxidation sites excluding steroid dienone is 1. The van der Waals surface area contributed by atoms with Crippen molar-refractivity contribution in [2.24, 2.45) is 5.41 Å². The van der Waals surface area contributed by atoms with Crippen molar-refractivity contribution < 1.29 is 0 Å². The molecule has 2 N–H and O–H groups in total. The van der Waals surface area contributed by atoms with Crippen molar-refractivity contribution in [2.45, 2.75) is 27.2 Å². The zero-order valence-corrected chi connectivity index (χ0v) is 11.2. The van der Waals surface area contributed by atoms with Crippen LogP contribution in [0.25, 0.3) is 11.0 Å². The van der Waals surface area contributed by atoms with E-state index >= 15 is 0 Å². The molecule has 0 aromatic carbocycles. The molecule has 0 aliphatic heterocycles. The molecule has 18 heavy (non-hydrogen) atoms. The van der Waals surface area contributed by atoms with Gasteiger partial charge in [-0.3, -0.25) is 0 Å². The number of aromatic amines is 1. The van der Waals surface area contributed by atoms with Crippen molar-refractivity contribution >= 4 is 11.0 Å². The first-order chi connectivity index (χ1) is 8.48. The van der Waals surface area contributed by atoms with Crippen LogP contribution in [0.4, 0.5) is 0 Å². The normalized spacial score (nSPS) is 11.7. The SMILES string of the molecule is C=C(NCCc1ncnc2[nH]ccc12)C(C)(C)C. The van der Waals surface area contributed by atoms with Gasteiger partial charge in [-0.05, 0) is 6.07 Å². The van der Waals surface area contributed by atoms with Gasteiger partial charge in [-0.25, -0.2) is 9.97 Å². The highest BCUT2D eigenvalue weighted by Gasteiger charge is 2.14. The predicted octanol–water partition coefficient (Wildman–Crippen LogP) is 2.65. The highest BCUT2D eigenvalue weighted by atomic mass is 14.9. The quantitative estimate of drug-likeness (QED) is 0.869. The maximum absolute atomic E-state index is 4.34. The van der Waals surface area contributed by atoms with Crippen LogP contribution in [0.5, 0.6) is 0 Å². The fourth-order valence-corrected chi connectivity index (χ4v) is 1.72. The largest absolute Gasteiger partial charge is 0.388 e. The molecule has 0 amide bonds. The van der Waals surface area contributed by atoms with Crippen molar-refractivity contribution in [3.05, 3.63) is 36.6 Å². The molecule has 0 aliphatic carbocycles. The summed E-state index contributed by atoms with van der Waals surface area (Å²) in [5.74, 6) is 0. The molecule has 0 unspecified atom stereocenters. The van der Waals surface area contributed by atoms with Gasteiger partial charge in [-0.1, -0.05) is 27.4 Å². The zero-order chi connectivity index (χ0) is 13.2. The number of nitrogens with zero attached hydrogens (tertiary/aromatic N) is 2. The van der Waals surface area contributed by atoms with E-state index in [1.807, 2.05) is 12.3 Å². The van der Waals surface area contributed by atoms with Gasteiger partial charge in [-0.15, -0.1) is 0 Å². The van der Waals surface area contributed by atoms with Crippen molar-refractivity contribution in [1.82, 2.24) is 20.3 Å². The van der Waals surface area contributed by atoms with E-state index in [1.165, 1.54) is 0 Å². The Balaban J connectivity index is 1.99. The molecule has 2 aromatic rings. The molecule has 0 saturated carbocycles. The molecule has 96 valence electrons. The summed E-state index contributed by atoms with van der Waals surface area (Å²) < 4.78 is 0. The molecule has 0 saturated heterocycles. The highest BCUT2D eigenvalue weighted by Crippen LogP contribution is 2.20. The molecule has 4 heteroatoms. The average Bonchev–Trinajstić information content (AvgIpc) is 2.76. The fraction of sp³-hybridized carbons (Fsp3) is 0.429. The monoisotopic (exact) mass is 244 g/mol. The van der Waals surface area contributed by atoms with Gasteiger partial charge in [0.25, 0.3) is 0 Å². The third kappa shape index (κ3) is 2.70. The summed E-state index contributed by atoms with van der Waals surface area (Å²) in [7, 11) is 0. The highest BCUT2D eigenvalue weighted by molar-refractivity contribution is 5.77. The summed E-state index contributed by atoms with van der Waals surface area (Å²) in [6, 6.07) is 2.02. The Hall–Kier alpha value is -1.84. The number of hydrogen-bond acceptors (Lipinski definition) is 3. The van der Waals surface area contributed by atoms with Gasteiger partial charge in [0.1, 0.15) is 12.0 Å². The number of H-pyrrole nitrogens is 1. The maximum atomic E-state index is 4.34. The molecule has 0 radical (unpaired) electrons. The number of nitrogens with one attached hydrogen (secondary N) is 2. The number of rotatable bonds is 4. The standard InChI is InChI=1S/C14H20N4/c1-10(14(2,3)4)15-8-6-12-11-5-7-16-13(11)18-9-17-12/h5,7,9,15H,1,6,8H2,2-4H3,(H,16,17,18). The van der Waals surface area contributed by atoms with Gasteiger partial charge in [0.2, 0.25) is 0 Å². The first-order valence-electron chi connectivity index (χ1n) is 6.18. The molecule has 0 atom stereocenters. The smallest absolute Gasteiger partial charge is 0.140 e. The van der Waals surface area contributed by atoms with E-state index < -0.39 is 0 Å². The number of aromatic nitrogens is 3. The molecule has 2 rings (SSSR count). The van der Waals surface area contributed by atoms with Gasteiger partial charge in [0.15, 0.2) is 0 Å². The topological polar surface area (TPSA) is 53.6 Å². The molecule has 0 bridgehead atoms. The van der Waals surface area contributed by atoms with Crippen LogP contribution in [-0.4, -0.2) is 21.5 Å². The Morgan fingerprint density at radius 2 is 2.17 bits per heavy atom. The lowest BCUT2D eigenvalue weighted by Gasteiger charge is -2.23. The van der Waals surface area contributed by atoms with Gasteiger partial charge >= 0.3 is 0 Å². The minimum atomic E-state index is 0.0923. The van der Waals surface area contributed by atoms with E-state index in [2.05, 4.69) is 47.6 Å². The van der Waals surface area contributed by atoms with Crippen LogP contribution in [0, 0.1) is 5.41 Å². The van der Waals surface area contributed by atoms with Crippen LogP contribution < -0.4 is 5.32 Å². The fourth-order valence-electron chi connectivity index (χ4n) is 1.72. The number of hydrogen-bond donors (Lipinski definition) is 2. The van der Waals surface area contributed by atoms with Crippen LogP contribution in [0.2, 0.25) is 0 Å². The van der Waals surface area contributed by atoms with Crippen molar-refractivity contribution in [2.75, 3.05) is 6.54 Å². The molecular formula is C14H20N4. The molecule has 0 spiro atoms. The lowest BCUT2D eigenvalue weighted by atomic mass is 9.93. The Labute approximate surface area is 108 Å². The second-order valence-electron chi connectivity index (χ2n) is 5.47. The summed E-state index contributed by atoms with van der Waals surface area (Å²) in [4.78, 5) is 11.6. The zero-order valence-electron chi connectivity index (χ0n) is 11.2. The third-order valence-electron chi connectivity index (χ3n) is 3.04. The van der Waals surface area contributed by atoms with Crippen LogP contribution in [0.15, 0.2) is 30.9 Å². The Morgan fingerprint density at radius 1 is 1.39 bits per heavy atom. The Kier molecular flexibility index (Phi) is 3.36.